The number of aliphatic hydroxyl groups excluding tert-OH is 1. The Morgan fingerprint density at radius 2 is 2.06 bits per heavy atom. The highest BCUT2D eigenvalue weighted by Gasteiger charge is 2.09. The molecule has 1 heterocycles. The smallest absolute Gasteiger partial charge is 0.136 e. The van der Waals surface area contributed by atoms with Gasteiger partial charge in [0.25, 0.3) is 0 Å². The summed E-state index contributed by atoms with van der Waals surface area (Å²) in [5, 5.41) is 11.6. The average Bonchev–Trinajstić information content (AvgIpc) is 2.43. The Morgan fingerprint density at radius 1 is 1.28 bits per heavy atom. The summed E-state index contributed by atoms with van der Waals surface area (Å²) in [5.74, 6) is 0.964. The van der Waals surface area contributed by atoms with E-state index in [0.717, 1.165) is 35.2 Å². The molecule has 0 atom stereocenters. The summed E-state index contributed by atoms with van der Waals surface area (Å²) in [6, 6.07) is 10.1. The number of nitrogens with zero attached hydrogens (tertiary/aromatic N) is 2. The largest absolute Gasteiger partial charge is 0.390 e. The number of aromatic nitrogens is 1. The van der Waals surface area contributed by atoms with Gasteiger partial charge in [-0.3, -0.25) is 0 Å². The predicted molar refractivity (Wildman–Crippen MR) is 75.8 cm³/mol. The molecule has 0 aliphatic carbocycles. The van der Waals surface area contributed by atoms with Gasteiger partial charge in [0.05, 0.1) is 12.3 Å². The van der Waals surface area contributed by atoms with Gasteiger partial charge in [0.2, 0.25) is 0 Å². The van der Waals surface area contributed by atoms with E-state index in [9.17, 15) is 5.11 Å². The molecule has 96 valence electrons. The zero-order valence-electron chi connectivity index (χ0n) is 11.1. The van der Waals surface area contributed by atoms with Crippen molar-refractivity contribution in [1.82, 2.24) is 4.98 Å². The van der Waals surface area contributed by atoms with Gasteiger partial charge in [-0.25, -0.2) is 4.98 Å². The third kappa shape index (κ3) is 2.62. The Hall–Kier alpha value is -1.61. The molecule has 3 heteroatoms. The van der Waals surface area contributed by atoms with E-state index in [1.807, 2.05) is 18.2 Å². The fourth-order valence-corrected chi connectivity index (χ4v) is 2.11. The van der Waals surface area contributed by atoms with E-state index in [4.69, 9.17) is 0 Å². The molecule has 0 aliphatic heterocycles. The van der Waals surface area contributed by atoms with Crippen LogP contribution in [-0.4, -0.2) is 23.7 Å². The predicted octanol–water partition coefficient (Wildman–Crippen LogP) is 2.96. The molecule has 1 N–H and O–H groups in total. The summed E-state index contributed by atoms with van der Waals surface area (Å²) in [4.78, 5) is 6.72. The summed E-state index contributed by atoms with van der Waals surface area (Å²) in [6.07, 6.45) is 2.32. The van der Waals surface area contributed by atoms with Crippen LogP contribution in [-0.2, 0) is 6.61 Å². The van der Waals surface area contributed by atoms with Gasteiger partial charge in [-0.1, -0.05) is 37.6 Å². The molecule has 3 nitrogen and oxygen atoms in total. The Balaban J connectivity index is 2.46. The number of rotatable bonds is 5. The van der Waals surface area contributed by atoms with E-state index in [1.54, 1.807) is 0 Å². The Bertz CT molecular complexity index is 525. The topological polar surface area (TPSA) is 36.4 Å². The maximum absolute atomic E-state index is 9.30. The number of benzene rings is 1. The Kier molecular flexibility index (Phi) is 4.15. The van der Waals surface area contributed by atoms with Crippen molar-refractivity contribution >= 4 is 16.6 Å². The van der Waals surface area contributed by atoms with E-state index < -0.39 is 0 Å². The molecule has 0 saturated carbocycles. The standard InChI is InChI=1S/C15H20N2O/c1-3-4-9-17(2)15-14-8-6-5-7-12(14)10-13(11-18)16-15/h5-8,10,18H,3-4,9,11H2,1-2H3. The van der Waals surface area contributed by atoms with Crippen molar-refractivity contribution < 1.29 is 5.11 Å². The Labute approximate surface area is 108 Å². The van der Waals surface area contributed by atoms with Gasteiger partial charge in [0.15, 0.2) is 0 Å². The van der Waals surface area contributed by atoms with Crippen LogP contribution in [0.5, 0.6) is 0 Å². The second-order valence-corrected chi connectivity index (χ2v) is 4.59. The van der Waals surface area contributed by atoms with Crippen molar-refractivity contribution in [3.05, 3.63) is 36.0 Å². The van der Waals surface area contributed by atoms with Crippen LogP contribution >= 0.6 is 0 Å². The van der Waals surface area contributed by atoms with Crippen LogP contribution in [0.1, 0.15) is 25.5 Å². The third-order valence-corrected chi connectivity index (χ3v) is 3.14. The van der Waals surface area contributed by atoms with Gasteiger partial charge in [-0.2, -0.15) is 0 Å². The summed E-state index contributed by atoms with van der Waals surface area (Å²) in [6.45, 7) is 3.16. The van der Waals surface area contributed by atoms with E-state index in [2.05, 4.69) is 36.0 Å². The minimum Gasteiger partial charge on any atom is -0.390 e. The number of fused-ring (bicyclic) bond motifs is 1. The zero-order chi connectivity index (χ0) is 13.0. The minimum absolute atomic E-state index is 0.0144. The SMILES string of the molecule is CCCCN(C)c1nc(CO)cc2ccccc12. The molecule has 0 unspecified atom stereocenters. The van der Waals surface area contributed by atoms with Crippen LogP contribution in [0.4, 0.5) is 5.82 Å². The minimum atomic E-state index is -0.0144. The van der Waals surface area contributed by atoms with Gasteiger partial charge >= 0.3 is 0 Å². The monoisotopic (exact) mass is 244 g/mol. The van der Waals surface area contributed by atoms with Crippen LogP contribution in [0.2, 0.25) is 0 Å². The molecule has 0 amide bonds. The molecule has 0 radical (unpaired) electrons. The van der Waals surface area contributed by atoms with Crippen molar-refractivity contribution in [1.29, 1.82) is 0 Å². The summed E-state index contributed by atoms with van der Waals surface area (Å²) < 4.78 is 0. The second-order valence-electron chi connectivity index (χ2n) is 4.59. The molecular weight excluding hydrogens is 224 g/mol. The number of anilines is 1. The summed E-state index contributed by atoms with van der Waals surface area (Å²) >= 11 is 0. The van der Waals surface area contributed by atoms with Crippen LogP contribution < -0.4 is 4.90 Å². The van der Waals surface area contributed by atoms with E-state index in [-0.39, 0.29) is 6.61 Å². The molecule has 0 spiro atoms. The fourth-order valence-electron chi connectivity index (χ4n) is 2.11. The van der Waals surface area contributed by atoms with E-state index in [1.165, 1.54) is 6.42 Å². The van der Waals surface area contributed by atoms with Crippen LogP contribution in [0.25, 0.3) is 10.8 Å². The molecule has 2 rings (SSSR count). The van der Waals surface area contributed by atoms with Gasteiger partial charge in [-0.15, -0.1) is 0 Å². The molecule has 1 aromatic carbocycles. The molecular formula is C15H20N2O. The molecule has 0 bridgehead atoms. The number of unbranched alkanes of at least 4 members (excludes halogenated alkanes) is 1. The van der Waals surface area contributed by atoms with E-state index in [0.29, 0.717) is 0 Å². The normalized spacial score (nSPS) is 10.8. The van der Waals surface area contributed by atoms with Gasteiger partial charge in [-0.05, 0) is 17.9 Å². The lowest BCUT2D eigenvalue weighted by atomic mass is 10.1. The number of hydrogen-bond acceptors (Lipinski definition) is 3. The lowest BCUT2D eigenvalue weighted by Crippen LogP contribution is -2.20. The number of aliphatic hydroxyl groups is 1. The first-order valence-corrected chi connectivity index (χ1v) is 6.47. The van der Waals surface area contributed by atoms with Crippen molar-refractivity contribution in [3.63, 3.8) is 0 Å². The van der Waals surface area contributed by atoms with Crippen molar-refractivity contribution in [2.75, 3.05) is 18.5 Å². The quantitative estimate of drug-likeness (QED) is 0.878. The summed E-state index contributed by atoms with van der Waals surface area (Å²) in [7, 11) is 2.06. The first-order chi connectivity index (χ1) is 8.76. The lowest BCUT2D eigenvalue weighted by molar-refractivity contribution is 0.277. The number of pyridine rings is 1. The summed E-state index contributed by atoms with van der Waals surface area (Å²) in [5.41, 5.74) is 0.729. The van der Waals surface area contributed by atoms with Crippen LogP contribution in [0.3, 0.4) is 0 Å². The van der Waals surface area contributed by atoms with Crippen molar-refractivity contribution in [2.24, 2.45) is 0 Å². The van der Waals surface area contributed by atoms with Crippen molar-refractivity contribution in [3.8, 4) is 0 Å². The molecule has 1 aromatic heterocycles. The maximum Gasteiger partial charge on any atom is 0.136 e. The highest BCUT2D eigenvalue weighted by Crippen LogP contribution is 2.25. The Morgan fingerprint density at radius 3 is 2.78 bits per heavy atom. The fraction of sp³-hybridized carbons (Fsp3) is 0.400. The average molecular weight is 244 g/mol. The van der Waals surface area contributed by atoms with Gasteiger partial charge in [0, 0.05) is 19.0 Å². The van der Waals surface area contributed by atoms with Gasteiger partial charge < -0.3 is 10.0 Å². The molecule has 0 fully saturated rings. The number of hydrogen-bond donors (Lipinski definition) is 1. The van der Waals surface area contributed by atoms with Crippen molar-refractivity contribution in [2.45, 2.75) is 26.4 Å². The highest BCUT2D eigenvalue weighted by atomic mass is 16.3. The van der Waals surface area contributed by atoms with Crippen LogP contribution in [0, 0.1) is 0 Å². The van der Waals surface area contributed by atoms with Gasteiger partial charge in [0.1, 0.15) is 5.82 Å². The molecule has 0 saturated heterocycles. The first kappa shape index (κ1) is 12.8. The molecule has 0 aliphatic rings. The van der Waals surface area contributed by atoms with E-state index >= 15 is 0 Å². The maximum atomic E-state index is 9.30. The first-order valence-electron chi connectivity index (χ1n) is 6.47. The third-order valence-electron chi connectivity index (χ3n) is 3.14. The molecule has 2 aromatic rings. The zero-order valence-corrected chi connectivity index (χ0v) is 11.1. The highest BCUT2D eigenvalue weighted by molar-refractivity contribution is 5.92. The second kappa shape index (κ2) is 5.83. The molecule has 18 heavy (non-hydrogen) atoms. The lowest BCUT2D eigenvalue weighted by Gasteiger charge is -2.20. The van der Waals surface area contributed by atoms with Crippen LogP contribution in [0.15, 0.2) is 30.3 Å².